The molecule has 2 amide bonds. The van der Waals surface area contributed by atoms with E-state index in [-0.39, 0.29) is 29.8 Å². The Morgan fingerprint density at radius 3 is 2.52 bits per heavy atom. The highest BCUT2D eigenvalue weighted by atomic mass is 19.1. The molecule has 148 valence electrons. The van der Waals surface area contributed by atoms with E-state index in [2.05, 4.69) is 10.2 Å². The Morgan fingerprint density at radius 1 is 1.11 bits per heavy atom. The van der Waals surface area contributed by atoms with Crippen molar-refractivity contribution in [3.63, 3.8) is 0 Å². The van der Waals surface area contributed by atoms with Crippen LogP contribution in [-0.4, -0.2) is 67.6 Å². The summed E-state index contributed by atoms with van der Waals surface area (Å²) in [6.07, 6.45) is 1.74. The summed E-state index contributed by atoms with van der Waals surface area (Å²) in [5.41, 5.74) is -0.144. The third-order valence-electron chi connectivity index (χ3n) is 5.12. The summed E-state index contributed by atoms with van der Waals surface area (Å²) in [4.78, 5) is 28.5. The molecule has 2 heterocycles. The van der Waals surface area contributed by atoms with Crippen molar-refractivity contribution in [3.8, 4) is 0 Å². The first-order valence-corrected chi connectivity index (χ1v) is 9.37. The molecule has 3 rings (SSSR count). The number of carbonyl (C=O) groups excluding carboxylic acids is 2. The number of likely N-dealkylation sites (tertiary alicyclic amines) is 1. The Morgan fingerprint density at radius 2 is 1.81 bits per heavy atom. The lowest BCUT2D eigenvalue weighted by Crippen LogP contribution is -2.47. The number of halogens is 2. The quantitative estimate of drug-likeness (QED) is 0.846. The molecule has 0 saturated carbocycles. The van der Waals surface area contributed by atoms with E-state index in [4.69, 9.17) is 4.74 Å². The first-order chi connectivity index (χ1) is 13.0. The average Bonchev–Trinajstić information content (AvgIpc) is 2.70. The first kappa shape index (κ1) is 19.7. The zero-order valence-corrected chi connectivity index (χ0v) is 15.3. The van der Waals surface area contributed by atoms with Crippen molar-refractivity contribution in [2.75, 3.05) is 51.3 Å². The number of anilines is 1. The highest BCUT2D eigenvalue weighted by Crippen LogP contribution is 2.21. The van der Waals surface area contributed by atoms with Gasteiger partial charge in [-0.1, -0.05) is 0 Å². The van der Waals surface area contributed by atoms with Crippen LogP contribution in [0.15, 0.2) is 18.2 Å². The topological polar surface area (TPSA) is 61.9 Å². The van der Waals surface area contributed by atoms with Gasteiger partial charge in [0.1, 0.15) is 11.6 Å². The van der Waals surface area contributed by atoms with Crippen LogP contribution in [0.25, 0.3) is 0 Å². The smallest absolute Gasteiger partial charge is 0.225 e. The Balaban J connectivity index is 1.39. The summed E-state index contributed by atoms with van der Waals surface area (Å²) in [5.74, 6) is -1.37. The van der Waals surface area contributed by atoms with E-state index in [1.165, 1.54) is 0 Å². The van der Waals surface area contributed by atoms with Crippen LogP contribution in [0.1, 0.15) is 19.3 Å². The van der Waals surface area contributed by atoms with Gasteiger partial charge in [0.15, 0.2) is 0 Å². The molecule has 2 fully saturated rings. The molecule has 0 bridgehead atoms. The van der Waals surface area contributed by atoms with Gasteiger partial charge in [-0.15, -0.1) is 0 Å². The normalized spacial score (nSPS) is 19.1. The van der Waals surface area contributed by atoms with Gasteiger partial charge in [-0.25, -0.2) is 8.78 Å². The van der Waals surface area contributed by atoms with Crippen LogP contribution >= 0.6 is 0 Å². The Bertz CT molecular complexity index is 672. The first-order valence-electron chi connectivity index (χ1n) is 9.37. The molecule has 0 radical (unpaired) electrons. The Kier molecular flexibility index (Phi) is 6.73. The minimum absolute atomic E-state index is 0.0366. The molecule has 0 aliphatic carbocycles. The van der Waals surface area contributed by atoms with Gasteiger partial charge in [0.05, 0.1) is 18.9 Å². The number of benzene rings is 1. The molecule has 1 aromatic rings. The van der Waals surface area contributed by atoms with Gasteiger partial charge in [0, 0.05) is 38.0 Å². The molecule has 0 atom stereocenters. The molecule has 1 N–H and O–H groups in total. The van der Waals surface area contributed by atoms with Crippen molar-refractivity contribution >= 4 is 17.5 Å². The molecule has 2 aliphatic rings. The van der Waals surface area contributed by atoms with E-state index in [9.17, 15) is 18.4 Å². The van der Waals surface area contributed by atoms with E-state index in [0.717, 1.165) is 44.1 Å². The van der Waals surface area contributed by atoms with Crippen molar-refractivity contribution in [1.29, 1.82) is 0 Å². The average molecular weight is 381 g/mol. The monoisotopic (exact) mass is 381 g/mol. The van der Waals surface area contributed by atoms with Gasteiger partial charge >= 0.3 is 0 Å². The van der Waals surface area contributed by atoms with Gasteiger partial charge in [0.25, 0.3) is 0 Å². The zero-order valence-electron chi connectivity index (χ0n) is 15.3. The second-order valence-corrected chi connectivity index (χ2v) is 6.98. The largest absolute Gasteiger partial charge is 0.378 e. The molecular formula is C19H25F2N3O3. The van der Waals surface area contributed by atoms with Crippen LogP contribution in [0.2, 0.25) is 0 Å². The van der Waals surface area contributed by atoms with Crippen LogP contribution in [-0.2, 0) is 14.3 Å². The van der Waals surface area contributed by atoms with E-state index in [1.807, 2.05) is 4.90 Å². The van der Waals surface area contributed by atoms with Gasteiger partial charge in [-0.3, -0.25) is 9.59 Å². The number of rotatable bonds is 5. The summed E-state index contributed by atoms with van der Waals surface area (Å²) >= 11 is 0. The number of hydrogen-bond donors (Lipinski definition) is 1. The summed E-state index contributed by atoms with van der Waals surface area (Å²) in [6, 6.07) is 2.96. The van der Waals surface area contributed by atoms with Crippen molar-refractivity contribution < 1.29 is 23.1 Å². The molecule has 1 aromatic carbocycles. The molecule has 0 aromatic heterocycles. The number of piperidine rings is 1. The maximum Gasteiger partial charge on any atom is 0.225 e. The second kappa shape index (κ2) is 9.23. The van der Waals surface area contributed by atoms with Crippen LogP contribution in [0, 0.1) is 17.6 Å². The summed E-state index contributed by atoms with van der Waals surface area (Å²) in [5, 5.41) is 2.41. The lowest BCUT2D eigenvalue weighted by molar-refractivity contribution is -0.141. The van der Waals surface area contributed by atoms with Crippen LogP contribution in [0.4, 0.5) is 14.5 Å². The number of nitrogens with one attached hydrogen (secondary N) is 1. The second-order valence-electron chi connectivity index (χ2n) is 6.98. The minimum atomic E-state index is -0.660. The van der Waals surface area contributed by atoms with E-state index < -0.39 is 11.6 Å². The van der Waals surface area contributed by atoms with Gasteiger partial charge < -0.3 is 19.9 Å². The molecule has 6 nitrogen and oxygen atoms in total. The fraction of sp³-hybridized carbons (Fsp3) is 0.579. The predicted molar refractivity (Wildman–Crippen MR) is 96.2 cm³/mol. The van der Waals surface area contributed by atoms with E-state index in [1.54, 1.807) is 0 Å². The Labute approximate surface area is 157 Å². The highest BCUT2D eigenvalue weighted by Gasteiger charge is 2.29. The maximum atomic E-state index is 13.6. The number of carbonyl (C=O) groups is 2. The fourth-order valence-corrected chi connectivity index (χ4v) is 3.51. The Hall–Kier alpha value is -2.06. The molecule has 27 heavy (non-hydrogen) atoms. The number of hydrogen-bond acceptors (Lipinski definition) is 4. The van der Waals surface area contributed by atoms with Crippen molar-refractivity contribution in [3.05, 3.63) is 29.8 Å². The van der Waals surface area contributed by atoms with Gasteiger partial charge in [-0.2, -0.15) is 0 Å². The standard InChI is InChI=1S/C19H25F2N3O3/c20-15-1-2-16(21)17(13-15)22-18(25)5-8-23-6-3-14(4-7-23)19(26)24-9-11-27-12-10-24/h1-2,13-14H,3-12H2,(H,22,25). The zero-order chi connectivity index (χ0) is 19.2. The minimum Gasteiger partial charge on any atom is -0.378 e. The maximum absolute atomic E-state index is 13.6. The summed E-state index contributed by atoms with van der Waals surface area (Å²) in [7, 11) is 0. The van der Waals surface area contributed by atoms with Crippen LogP contribution < -0.4 is 5.32 Å². The molecule has 2 saturated heterocycles. The third-order valence-corrected chi connectivity index (χ3v) is 5.12. The number of morpholine rings is 1. The SMILES string of the molecule is O=C(CCN1CCC(C(=O)N2CCOCC2)CC1)Nc1cc(F)ccc1F. The highest BCUT2D eigenvalue weighted by molar-refractivity contribution is 5.90. The summed E-state index contributed by atoms with van der Waals surface area (Å²) < 4.78 is 32.0. The molecule has 0 spiro atoms. The van der Waals surface area contributed by atoms with Crippen molar-refractivity contribution in [2.45, 2.75) is 19.3 Å². The molecule has 8 heteroatoms. The molecule has 2 aliphatic heterocycles. The van der Waals surface area contributed by atoms with E-state index >= 15 is 0 Å². The lowest BCUT2D eigenvalue weighted by Gasteiger charge is -2.35. The van der Waals surface area contributed by atoms with E-state index in [0.29, 0.717) is 32.8 Å². The number of ether oxygens (including phenoxy) is 1. The van der Waals surface area contributed by atoms with Crippen LogP contribution in [0.3, 0.4) is 0 Å². The number of amides is 2. The van der Waals surface area contributed by atoms with Gasteiger partial charge in [-0.05, 0) is 38.1 Å². The summed E-state index contributed by atoms with van der Waals surface area (Å²) in [6.45, 7) is 4.56. The van der Waals surface area contributed by atoms with Crippen molar-refractivity contribution in [1.82, 2.24) is 9.80 Å². The van der Waals surface area contributed by atoms with Crippen LogP contribution in [0.5, 0.6) is 0 Å². The molecule has 0 unspecified atom stereocenters. The predicted octanol–water partition coefficient (Wildman–Crippen LogP) is 1.86. The van der Waals surface area contributed by atoms with Crippen molar-refractivity contribution in [2.24, 2.45) is 5.92 Å². The lowest BCUT2D eigenvalue weighted by atomic mass is 9.95. The molecular weight excluding hydrogens is 356 g/mol. The fourth-order valence-electron chi connectivity index (χ4n) is 3.51. The number of nitrogens with zero attached hydrogens (tertiary/aromatic N) is 2. The third kappa shape index (κ3) is 5.46. The van der Waals surface area contributed by atoms with Gasteiger partial charge in [0.2, 0.25) is 11.8 Å².